The van der Waals surface area contributed by atoms with Crippen LogP contribution in [0.3, 0.4) is 0 Å². The summed E-state index contributed by atoms with van der Waals surface area (Å²) in [5.41, 5.74) is -0.0238. The van der Waals surface area contributed by atoms with Gasteiger partial charge in [0.05, 0.1) is 25.3 Å². The minimum atomic E-state index is -2.77. The summed E-state index contributed by atoms with van der Waals surface area (Å²) in [5.74, 6) is -1.25. The number of halogens is 2. The minimum absolute atomic E-state index is 0.0119. The third-order valence-electron chi connectivity index (χ3n) is 3.30. The van der Waals surface area contributed by atoms with E-state index >= 15 is 0 Å². The van der Waals surface area contributed by atoms with Crippen molar-refractivity contribution in [1.82, 2.24) is 0 Å². The Morgan fingerprint density at radius 3 is 1.27 bits per heavy atom. The first-order valence-electron chi connectivity index (χ1n) is 7.43. The van der Waals surface area contributed by atoms with Crippen LogP contribution in [0, 0.1) is 0 Å². The zero-order chi connectivity index (χ0) is 19.1. The Kier molecular flexibility index (Phi) is 6.48. The highest BCUT2D eigenvalue weighted by atomic mass is 19.2. The Balaban J connectivity index is 1.91. The van der Waals surface area contributed by atoms with Crippen LogP contribution in [0.1, 0.15) is 20.7 Å². The maximum absolute atomic E-state index is 13.7. The van der Waals surface area contributed by atoms with Gasteiger partial charge in [-0.05, 0) is 48.5 Å². The smallest absolute Gasteiger partial charge is 0.340 e. The van der Waals surface area contributed by atoms with E-state index in [0.29, 0.717) is 11.5 Å². The van der Waals surface area contributed by atoms with Crippen LogP contribution in [0.25, 0.3) is 0 Å². The Hall–Kier alpha value is -3.16. The fraction of sp³-hybridized carbons (Fsp3) is 0.222. The summed E-state index contributed by atoms with van der Waals surface area (Å²) in [6.07, 6.45) is -5.54. The number of alkyl halides is 2. The third-order valence-corrected chi connectivity index (χ3v) is 3.30. The molecule has 0 saturated carbocycles. The van der Waals surface area contributed by atoms with Gasteiger partial charge in [-0.3, -0.25) is 0 Å². The summed E-state index contributed by atoms with van der Waals surface area (Å²) in [5, 5.41) is 0. The molecule has 0 N–H and O–H groups in total. The summed E-state index contributed by atoms with van der Waals surface area (Å²) in [6.45, 7) is 0. The molecule has 6 nitrogen and oxygen atoms in total. The lowest BCUT2D eigenvalue weighted by Crippen LogP contribution is -2.28. The molecule has 0 aliphatic rings. The van der Waals surface area contributed by atoms with Crippen LogP contribution in [-0.4, -0.2) is 38.9 Å². The van der Waals surface area contributed by atoms with Crippen LogP contribution >= 0.6 is 0 Å². The van der Waals surface area contributed by atoms with Gasteiger partial charge in [0, 0.05) is 0 Å². The molecule has 138 valence electrons. The van der Waals surface area contributed by atoms with E-state index in [1.165, 1.54) is 62.8 Å². The number of ether oxygens (including phenoxy) is 4. The molecule has 2 aromatic rings. The molecule has 2 rings (SSSR count). The van der Waals surface area contributed by atoms with E-state index in [4.69, 9.17) is 9.47 Å². The predicted octanol–water partition coefficient (Wildman–Crippen LogP) is 3.31. The fourth-order valence-electron chi connectivity index (χ4n) is 1.90. The van der Waals surface area contributed by atoms with E-state index in [9.17, 15) is 18.4 Å². The maximum Gasteiger partial charge on any atom is 0.340 e. The van der Waals surface area contributed by atoms with Crippen molar-refractivity contribution < 1.29 is 37.3 Å². The largest absolute Gasteiger partial charge is 0.497 e. The second-order valence-corrected chi connectivity index (χ2v) is 4.97. The first-order valence-corrected chi connectivity index (χ1v) is 7.43. The number of carbonyl (C=O) groups is 2. The summed E-state index contributed by atoms with van der Waals surface area (Å²) >= 11 is 0. The Morgan fingerprint density at radius 1 is 0.692 bits per heavy atom. The highest BCUT2D eigenvalue weighted by Crippen LogP contribution is 2.17. The third kappa shape index (κ3) is 4.92. The normalized spacial score (nSPS) is 12.6. The molecule has 0 aromatic heterocycles. The first-order chi connectivity index (χ1) is 12.4. The van der Waals surface area contributed by atoms with Crippen LogP contribution in [0.15, 0.2) is 48.5 Å². The van der Waals surface area contributed by atoms with Gasteiger partial charge in [0.2, 0.25) is 0 Å². The van der Waals surface area contributed by atoms with Gasteiger partial charge in [0.1, 0.15) is 11.5 Å². The van der Waals surface area contributed by atoms with E-state index in [-0.39, 0.29) is 11.1 Å². The Labute approximate surface area is 148 Å². The monoisotopic (exact) mass is 366 g/mol. The molecule has 0 fully saturated rings. The lowest BCUT2D eigenvalue weighted by atomic mass is 10.2. The molecule has 0 radical (unpaired) electrons. The van der Waals surface area contributed by atoms with Gasteiger partial charge in [0.25, 0.3) is 0 Å². The van der Waals surface area contributed by atoms with Gasteiger partial charge < -0.3 is 18.9 Å². The van der Waals surface area contributed by atoms with Crippen LogP contribution < -0.4 is 9.47 Å². The molecule has 26 heavy (non-hydrogen) atoms. The molecule has 0 aliphatic heterocycles. The fourth-order valence-corrected chi connectivity index (χ4v) is 1.90. The van der Waals surface area contributed by atoms with Gasteiger partial charge in [-0.1, -0.05) is 0 Å². The number of hydrogen-bond donors (Lipinski definition) is 0. The molecule has 0 spiro atoms. The zero-order valence-corrected chi connectivity index (χ0v) is 14.0. The van der Waals surface area contributed by atoms with Crippen molar-refractivity contribution in [2.24, 2.45) is 0 Å². The maximum atomic E-state index is 13.7. The zero-order valence-electron chi connectivity index (χ0n) is 14.0. The SMILES string of the molecule is COc1ccc(C(=O)O[C@@H](F)[C@H](F)OC(=O)c2ccc(OC)cc2)cc1. The quantitative estimate of drug-likeness (QED) is 0.700. The molecule has 0 unspecified atom stereocenters. The molecule has 2 aromatic carbocycles. The Bertz CT molecular complexity index is 680. The number of esters is 2. The molecule has 0 bridgehead atoms. The van der Waals surface area contributed by atoms with E-state index in [2.05, 4.69) is 9.47 Å². The van der Waals surface area contributed by atoms with Crippen LogP contribution in [0.4, 0.5) is 8.78 Å². The number of methoxy groups -OCH3 is 2. The molecular formula is C18H16F2O6. The van der Waals surface area contributed by atoms with Crippen molar-refractivity contribution in [2.45, 2.75) is 12.7 Å². The Morgan fingerprint density at radius 2 is 1.00 bits per heavy atom. The van der Waals surface area contributed by atoms with Crippen molar-refractivity contribution >= 4 is 11.9 Å². The van der Waals surface area contributed by atoms with Gasteiger partial charge in [0.15, 0.2) is 0 Å². The summed E-state index contributed by atoms with van der Waals surface area (Å²) < 4.78 is 46.0. The molecular weight excluding hydrogens is 350 g/mol. The first kappa shape index (κ1) is 19.2. The van der Waals surface area contributed by atoms with Crippen LogP contribution in [0.2, 0.25) is 0 Å². The molecule has 2 atom stereocenters. The molecule has 0 saturated heterocycles. The molecule has 8 heteroatoms. The van der Waals surface area contributed by atoms with Crippen molar-refractivity contribution in [1.29, 1.82) is 0 Å². The van der Waals surface area contributed by atoms with Crippen molar-refractivity contribution in [3.05, 3.63) is 59.7 Å². The van der Waals surface area contributed by atoms with Crippen LogP contribution in [0.5, 0.6) is 11.5 Å². The lowest BCUT2D eigenvalue weighted by Gasteiger charge is -2.15. The minimum Gasteiger partial charge on any atom is -0.497 e. The van der Waals surface area contributed by atoms with E-state index in [1.54, 1.807) is 0 Å². The molecule has 0 heterocycles. The summed E-state index contributed by atoms with van der Waals surface area (Å²) in [6, 6.07) is 11.1. The van der Waals surface area contributed by atoms with E-state index < -0.39 is 24.7 Å². The van der Waals surface area contributed by atoms with Crippen molar-refractivity contribution in [2.75, 3.05) is 14.2 Å². The number of carbonyl (C=O) groups excluding carboxylic acids is 2. The number of hydrogen-bond acceptors (Lipinski definition) is 6. The van der Waals surface area contributed by atoms with Gasteiger partial charge >= 0.3 is 24.7 Å². The van der Waals surface area contributed by atoms with Gasteiger partial charge in [-0.2, -0.15) is 8.78 Å². The van der Waals surface area contributed by atoms with Gasteiger partial charge in [-0.15, -0.1) is 0 Å². The second-order valence-electron chi connectivity index (χ2n) is 4.97. The van der Waals surface area contributed by atoms with Crippen molar-refractivity contribution in [3.63, 3.8) is 0 Å². The predicted molar refractivity (Wildman–Crippen MR) is 86.6 cm³/mol. The highest BCUT2D eigenvalue weighted by molar-refractivity contribution is 5.90. The lowest BCUT2D eigenvalue weighted by molar-refractivity contribution is -0.139. The average molecular weight is 366 g/mol. The van der Waals surface area contributed by atoms with Crippen molar-refractivity contribution in [3.8, 4) is 11.5 Å². The summed E-state index contributed by atoms with van der Waals surface area (Å²) in [4.78, 5) is 23.5. The number of benzene rings is 2. The van der Waals surface area contributed by atoms with Gasteiger partial charge in [-0.25, -0.2) is 9.59 Å². The van der Waals surface area contributed by atoms with E-state index in [0.717, 1.165) is 0 Å². The summed E-state index contributed by atoms with van der Waals surface area (Å²) in [7, 11) is 2.88. The molecule has 0 aliphatic carbocycles. The topological polar surface area (TPSA) is 71.1 Å². The second kappa shape index (κ2) is 8.80. The van der Waals surface area contributed by atoms with Crippen LogP contribution in [-0.2, 0) is 9.47 Å². The highest BCUT2D eigenvalue weighted by Gasteiger charge is 2.29. The van der Waals surface area contributed by atoms with E-state index in [1.807, 2.05) is 0 Å². The standard InChI is InChI=1S/C18H16F2O6/c1-23-13-7-3-11(4-8-13)17(21)25-15(19)16(20)26-18(22)12-5-9-14(24-2)10-6-12/h3-10,15-16H,1-2H3/t15-,16-/m1/s1. The molecule has 0 amide bonds. The average Bonchev–Trinajstić information content (AvgIpc) is 2.67. The number of rotatable bonds is 7.